The number of benzene rings is 2. The third kappa shape index (κ3) is 3.71. The molecule has 2 aromatic carbocycles. The van der Waals surface area contributed by atoms with Crippen LogP contribution in [0.3, 0.4) is 0 Å². The lowest BCUT2D eigenvalue weighted by Gasteiger charge is -2.13. The van der Waals surface area contributed by atoms with Gasteiger partial charge in [0, 0.05) is 37.2 Å². The quantitative estimate of drug-likeness (QED) is 0.550. The van der Waals surface area contributed by atoms with Crippen LogP contribution in [0, 0.1) is 6.92 Å². The van der Waals surface area contributed by atoms with Crippen LogP contribution >= 0.6 is 0 Å². The van der Waals surface area contributed by atoms with E-state index in [9.17, 15) is 9.59 Å². The summed E-state index contributed by atoms with van der Waals surface area (Å²) in [5.41, 5.74) is 4.84. The number of aromatic nitrogens is 3. The minimum absolute atomic E-state index is 0.0774. The minimum atomic E-state index is -0.255. The first kappa shape index (κ1) is 18.7. The summed E-state index contributed by atoms with van der Waals surface area (Å²) in [5, 5.41) is 3.77. The van der Waals surface area contributed by atoms with Crippen LogP contribution in [0.15, 0.2) is 53.6 Å². The van der Waals surface area contributed by atoms with Gasteiger partial charge >= 0.3 is 0 Å². The molecule has 0 unspecified atom stereocenters. The third-order valence-corrected chi connectivity index (χ3v) is 4.98. The zero-order chi connectivity index (χ0) is 20.5. The zero-order valence-corrected chi connectivity index (χ0v) is 16.7. The van der Waals surface area contributed by atoms with Gasteiger partial charge in [0.05, 0.1) is 6.33 Å². The molecule has 2 heterocycles. The van der Waals surface area contributed by atoms with E-state index in [2.05, 4.69) is 15.3 Å². The van der Waals surface area contributed by atoms with Crippen LogP contribution in [0.5, 0.6) is 0 Å². The normalized spacial score (nSPS) is 11.1. The average Bonchev–Trinajstić information content (AvgIpc) is 3.07. The van der Waals surface area contributed by atoms with Crippen molar-refractivity contribution in [3.8, 4) is 0 Å². The average molecular weight is 389 g/mol. The van der Waals surface area contributed by atoms with Gasteiger partial charge in [-0.05, 0) is 36.8 Å². The predicted octanol–water partition coefficient (Wildman–Crippen LogP) is 2.57. The maximum absolute atomic E-state index is 12.8. The molecule has 29 heavy (non-hydrogen) atoms. The highest BCUT2D eigenvalue weighted by Gasteiger charge is 2.13. The number of fused-ring (bicyclic) bond motifs is 3. The molecule has 0 spiro atoms. The van der Waals surface area contributed by atoms with Gasteiger partial charge in [0.25, 0.3) is 5.56 Å². The van der Waals surface area contributed by atoms with Gasteiger partial charge in [-0.2, -0.15) is 0 Å². The number of H-pyrrole nitrogens is 1. The van der Waals surface area contributed by atoms with Gasteiger partial charge in [-0.25, -0.2) is 4.98 Å². The summed E-state index contributed by atoms with van der Waals surface area (Å²) in [7, 11) is 3.96. The molecule has 0 saturated heterocycles. The first-order valence-corrected chi connectivity index (χ1v) is 9.43. The van der Waals surface area contributed by atoms with Gasteiger partial charge < -0.3 is 15.2 Å². The smallest absolute Gasteiger partial charge is 0.278 e. The van der Waals surface area contributed by atoms with E-state index in [1.54, 1.807) is 0 Å². The van der Waals surface area contributed by atoms with E-state index in [4.69, 9.17) is 0 Å². The molecular weight excluding hydrogens is 366 g/mol. The van der Waals surface area contributed by atoms with Gasteiger partial charge in [0.15, 0.2) is 0 Å². The molecule has 0 saturated carbocycles. The summed E-state index contributed by atoms with van der Waals surface area (Å²) in [6.45, 7) is 2.33. The van der Waals surface area contributed by atoms with E-state index in [-0.39, 0.29) is 18.0 Å². The van der Waals surface area contributed by atoms with Crippen LogP contribution in [0.25, 0.3) is 21.9 Å². The molecule has 0 aliphatic heterocycles. The number of aryl methyl sites for hydroxylation is 1. The number of amides is 1. The van der Waals surface area contributed by atoms with Gasteiger partial charge in [0.1, 0.15) is 17.6 Å². The molecule has 7 heteroatoms. The highest BCUT2D eigenvalue weighted by atomic mass is 16.2. The number of nitrogens with one attached hydrogen (secondary N) is 2. The fourth-order valence-electron chi connectivity index (χ4n) is 3.34. The molecule has 2 aromatic heterocycles. The number of anilines is 1. The van der Waals surface area contributed by atoms with Crippen LogP contribution in [0.2, 0.25) is 0 Å². The summed E-state index contributed by atoms with van der Waals surface area (Å²) in [6.07, 6.45) is 1.44. The van der Waals surface area contributed by atoms with Crippen molar-refractivity contribution in [2.75, 3.05) is 19.0 Å². The first-order valence-electron chi connectivity index (χ1n) is 9.43. The number of aromatic amines is 1. The van der Waals surface area contributed by atoms with Crippen molar-refractivity contribution in [2.45, 2.75) is 20.0 Å². The van der Waals surface area contributed by atoms with Crippen LogP contribution in [0.4, 0.5) is 5.69 Å². The number of hydrogen-bond acceptors (Lipinski definition) is 4. The molecule has 0 aliphatic carbocycles. The maximum atomic E-state index is 12.8. The first-order chi connectivity index (χ1) is 13.9. The van der Waals surface area contributed by atoms with E-state index >= 15 is 0 Å². The van der Waals surface area contributed by atoms with E-state index in [0.29, 0.717) is 17.6 Å². The van der Waals surface area contributed by atoms with Crippen molar-refractivity contribution in [3.63, 3.8) is 0 Å². The lowest BCUT2D eigenvalue weighted by molar-refractivity contribution is -0.121. The number of rotatable bonds is 5. The summed E-state index contributed by atoms with van der Waals surface area (Å²) in [5.74, 6) is -0.239. The Morgan fingerprint density at radius 2 is 1.93 bits per heavy atom. The highest BCUT2D eigenvalue weighted by molar-refractivity contribution is 6.04. The molecule has 7 nitrogen and oxygen atoms in total. The minimum Gasteiger partial charge on any atom is -0.378 e. The number of carbonyl (C=O) groups excluding carboxylic acids is 1. The van der Waals surface area contributed by atoms with Crippen molar-refractivity contribution in [2.24, 2.45) is 0 Å². The summed E-state index contributed by atoms with van der Waals surface area (Å²) >= 11 is 0. The highest BCUT2D eigenvalue weighted by Crippen LogP contribution is 2.22. The summed E-state index contributed by atoms with van der Waals surface area (Å²) in [4.78, 5) is 34.7. The molecule has 0 atom stereocenters. The summed E-state index contributed by atoms with van der Waals surface area (Å²) < 4.78 is 1.33. The van der Waals surface area contributed by atoms with Crippen LogP contribution in [-0.2, 0) is 17.9 Å². The molecule has 0 fully saturated rings. The zero-order valence-electron chi connectivity index (χ0n) is 16.7. The maximum Gasteiger partial charge on any atom is 0.278 e. The predicted molar refractivity (Wildman–Crippen MR) is 115 cm³/mol. The second-order valence-corrected chi connectivity index (χ2v) is 7.41. The van der Waals surface area contributed by atoms with Gasteiger partial charge in [-0.1, -0.05) is 23.8 Å². The van der Waals surface area contributed by atoms with Crippen molar-refractivity contribution >= 4 is 33.5 Å². The molecule has 0 aliphatic rings. The van der Waals surface area contributed by atoms with Crippen LogP contribution in [0.1, 0.15) is 11.1 Å². The molecule has 0 bridgehead atoms. The Morgan fingerprint density at radius 1 is 1.17 bits per heavy atom. The molecule has 0 radical (unpaired) electrons. The van der Waals surface area contributed by atoms with E-state index < -0.39 is 0 Å². The fraction of sp³-hybridized carbons (Fsp3) is 0.227. The molecule has 1 amide bonds. The number of nitrogens with zero attached hydrogens (tertiary/aromatic N) is 3. The Kier molecular flexibility index (Phi) is 4.80. The largest absolute Gasteiger partial charge is 0.378 e. The Hall–Kier alpha value is -3.61. The van der Waals surface area contributed by atoms with E-state index in [1.165, 1.54) is 10.9 Å². The second kappa shape index (κ2) is 7.43. The standard InChI is InChI=1S/C22H23N5O2/c1-14-4-9-18-17(10-14)20-21(25-18)22(29)27(13-24-20)12-19(28)23-11-15-5-7-16(8-6-15)26(2)3/h4-10,13,25H,11-12H2,1-3H3,(H,23,28). The van der Waals surface area contributed by atoms with Crippen LogP contribution < -0.4 is 15.8 Å². The third-order valence-electron chi connectivity index (χ3n) is 4.98. The Morgan fingerprint density at radius 3 is 2.66 bits per heavy atom. The lowest BCUT2D eigenvalue weighted by Crippen LogP contribution is -2.32. The van der Waals surface area contributed by atoms with Crippen molar-refractivity contribution in [3.05, 3.63) is 70.3 Å². The Balaban J connectivity index is 1.50. The van der Waals surface area contributed by atoms with Crippen molar-refractivity contribution < 1.29 is 4.79 Å². The lowest BCUT2D eigenvalue weighted by atomic mass is 10.2. The van der Waals surface area contributed by atoms with Crippen LogP contribution in [-0.4, -0.2) is 34.5 Å². The molecule has 148 valence electrons. The number of hydrogen-bond donors (Lipinski definition) is 2. The monoisotopic (exact) mass is 389 g/mol. The van der Waals surface area contributed by atoms with Gasteiger partial charge in [0.2, 0.25) is 5.91 Å². The Bertz CT molecular complexity index is 1250. The SMILES string of the molecule is Cc1ccc2[nH]c3c(=O)n(CC(=O)NCc4ccc(N(C)C)cc4)cnc3c2c1. The molecular formula is C22H23N5O2. The Labute approximate surface area is 168 Å². The molecule has 4 rings (SSSR count). The van der Waals surface area contributed by atoms with E-state index in [0.717, 1.165) is 27.7 Å². The van der Waals surface area contributed by atoms with Gasteiger partial charge in [-0.3, -0.25) is 14.2 Å². The van der Waals surface area contributed by atoms with Gasteiger partial charge in [-0.15, -0.1) is 0 Å². The van der Waals surface area contributed by atoms with Crippen molar-refractivity contribution in [1.29, 1.82) is 0 Å². The van der Waals surface area contributed by atoms with E-state index in [1.807, 2.05) is 68.4 Å². The molecule has 2 N–H and O–H groups in total. The fourth-order valence-corrected chi connectivity index (χ4v) is 3.34. The second-order valence-electron chi connectivity index (χ2n) is 7.41. The molecule has 4 aromatic rings. The topological polar surface area (TPSA) is 83.0 Å². The summed E-state index contributed by atoms with van der Waals surface area (Å²) in [6, 6.07) is 13.9. The number of carbonyl (C=O) groups is 1. The van der Waals surface area contributed by atoms with Crippen molar-refractivity contribution in [1.82, 2.24) is 19.9 Å².